The predicted octanol–water partition coefficient (Wildman–Crippen LogP) is 6.13. The van der Waals surface area contributed by atoms with Gasteiger partial charge in [-0.05, 0) is 36.8 Å². The van der Waals surface area contributed by atoms with Crippen LogP contribution < -0.4 is 14.8 Å². The Balaban J connectivity index is 1.75. The number of carbonyl (C=O) groups is 1. The monoisotopic (exact) mass is 506 g/mol. The van der Waals surface area contributed by atoms with E-state index in [1.54, 1.807) is 30.7 Å². The average molecular weight is 507 g/mol. The van der Waals surface area contributed by atoms with Crippen molar-refractivity contribution in [2.24, 2.45) is 5.92 Å². The standard InChI is InChI=1S/C27H30N4O4S/c1-6-35-22-13-20(12-21(15-22)33-4)31-19(10-17(2)3)14-25(30-31)29-26-23(27(32)34-5)11-18(16-28-26)24-8-7-9-36-24/h7-9,11-17H,6,10H2,1-5H3,(H,28,29,30). The number of ether oxygens (including phenoxy) is 3. The molecular weight excluding hydrogens is 476 g/mol. The number of hydrogen-bond donors (Lipinski definition) is 1. The van der Waals surface area contributed by atoms with Crippen molar-refractivity contribution < 1.29 is 19.0 Å². The van der Waals surface area contributed by atoms with Crippen LogP contribution in [0.15, 0.2) is 54.0 Å². The summed E-state index contributed by atoms with van der Waals surface area (Å²) < 4.78 is 18.1. The number of esters is 1. The highest BCUT2D eigenvalue weighted by Gasteiger charge is 2.19. The zero-order valence-electron chi connectivity index (χ0n) is 21.1. The number of nitrogens with zero attached hydrogens (tertiary/aromatic N) is 3. The summed E-state index contributed by atoms with van der Waals surface area (Å²) in [6.07, 6.45) is 2.54. The number of thiophene rings is 1. The van der Waals surface area contributed by atoms with Crippen LogP contribution in [0.25, 0.3) is 16.1 Å². The fraction of sp³-hybridized carbons (Fsp3) is 0.296. The number of methoxy groups -OCH3 is 2. The quantitative estimate of drug-likeness (QED) is 0.259. The van der Waals surface area contributed by atoms with Crippen LogP contribution >= 0.6 is 11.3 Å². The third kappa shape index (κ3) is 5.68. The molecule has 0 radical (unpaired) electrons. The van der Waals surface area contributed by atoms with Gasteiger partial charge in [0, 0.05) is 46.6 Å². The molecule has 0 atom stereocenters. The van der Waals surface area contributed by atoms with E-state index in [0.29, 0.717) is 41.2 Å². The lowest BCUT2D eigenvalue weighted by molar-refractivity contribution is 0.0601. The molecule has 0 amide bonds. The molecule has 1 aromatic carbocycles. The molecule has 0 fully saturated rings. The van der Waals surface area contributed by atoms with Gasteiger partial charge in [0.25, 0.3) is 0 Å². The van der Waals surface area contributed by atoms with E-state index < -0.39 is 5.97 Å². The van der Waals surface area contributed by atoms with Gasteiger partial charge in [-0.25, -0.2) is 14.5 Å². The van der Waals surface area contributed by atoms with Crippen molar-refractivity contribution >= 4 is 28.9 Å². The Morgan fingerprint density at radius 2 is 1.94 bits per heavy atom. The van der Waals surface area contributed by atoms with E-state index in [4.69, 9.17) is 19.3 Å². The smallest absolute Gasteiger partial charge is 0.341 e. The molecule has 0 saturated heterocycles. The van der Waals surface area contributed by atoms with Crippen LogP contribution in [0.2, 0.25) is 0 Å². The maximum absolute atomic E-state index is 12.6. The molecule has 4 aromatic rings. The van der Waals surface area contributed by atoms with Gasteiger partial charge in [-0.1, -0.05) is 19.9 Å². The largest absolute Gasteiger partial charge is 0.497 e. The normalized spacial score (nSPS) is 10.9. The highest BCUT2D eigenvalue weighted by molar-refractivity contribution is 7.13. The van der Waals surface area contributed by atoms with Crippen molar-refractivity contribution in [1.29, 1.82) is 0 Å². The predicted molar refractivity (Wildman–Crippen MR) is 142 cm³/mol. The average Bonchev–Trinajstić information content (AvgIpc) is 3.54. The lowest BCUT2D eigenvalue weighted by atomic mass is 10.1. The number of hydrogen-bond acceptors (Lipinski definition) is 8. The molecule has 0 aliphatic heterocycles. The van der Waals surface area contributed by atoms with Gasteiger partial charge in [0.15, 0.2) is 5.82 Å². The van der Waals surface area contributed by atoms with Gasteiger partial charge in [0.05, 0.1) is 26.5 Å². The first-order valence-electron chi connectivity index (χ1n) is 11.7. The van der Waals surface area contributed by atoms with Gasteiger partial charge < -0.3 is 19.5 Å². The molecule has 0 aliphatic carbocycles. The maximum Gasteiger partial charge on any atom is 0.341 e. The van der Waals surface area contributed by atoms with Crippen LogP contribution in [-0.4, -0.2) is 41.6 Å². The SMILES string of the molecule is CCOc1cc(OC)cc(-n2nc(Nc3ncc(-c4cccs4)cc3C(=O)OC)cc2CC(C)C)c1. The molecule has 1 N–H and O–H groups in total. The first-order valence-corrected chi connectivity index (χ1v) is 12.6. The van der Waals surface area contributed by atoms with Crippen molar-refractivity contribution in [3.05, 3.63) is 65.3 Å². The Bertz CT molecular complexity index is 1330. The van der Waals surface area contributed by atoms with Crippen LogP contribution in [0.5, 0.6) is 11.5 Å². The third-order valence-electron chi connectivity index (χ3n) is 5.40. The topological polar surface area (TPSA) is 87.5 Å². The third-order valence-corrected chi connectivity index (χ3v) is 6.32. The minimum atomic E-state index is -0.473. The van der Waals surface area contributed by atoms with Crippen LogP contribution in [0, 0.1) is 5.92 Å². The number of benzene rings is 1. The van der Waals surface area contributed by atoms with Crippen LogP contribution in [0.3, 0.4) is 0 Å². The second kappa shape index (κ2) is 11.3. The molecule has 0 aliphatic rings. The molecule has 0 bridgehead atoms. The number of pyridine rings is 1. The molecular formula is C27H30N4O4S. The molecule has 8 nitrogen and oxygen atoms in total. The minimum Gasteiger partial charge on any atom is -0.497 e. The lowest BCUT2D eigenvalue weighted by Gasteiger charge is -2.13. The van der Waals surface area contributed by atoms with Crippen molar-refractivity contribution in [3.63, 3.8) is 0 Å². The van der Waals surface area contributed by atoms with Crippen molar-refractivity contribution in [1.82, 2.24) is 14.8 Å². The zero-order chi connectivity index (χ0) is 25.7. The van der Waals surface area contributed by atoms with Crippen molar-refractivity contribution in [2.45, 2.75) is 27.2 Å². The summed E-state index contributed by atoms with van der Waals surface area (Å²) in [5.74, 6) is 2.25. The van der Waals surface area contributed by atoms with E-state index in [9.17, 15) is 4.79 Å². The molecule has 3 heterocycles. The van der Waals surface area contributed by atoms with Crippen molar-refractivity contribution in [2.75, 3.05) is 26.1 Å². The Morgan fingerprint density at radius 3 is 2.61 bits per heavy atom. The minimum absolute atomic E-state index is 0.336. The number of anilines is 2. The van der Waals surface area contributed by atoms with Crippen LogP contribution in [0.1, 0.15) is 36.8 Å². The lowest BCUT2D eigenvalue weighted by Crippen LogP contribution is -2.08. The fourth-order valence-corrected chi connectivity index (χ4v) is 4.55. The summed E-state index contributed by atoms with van der Waals surface area (Å²) in [7, 11) is 2.98. The van der Waals surface area contributed by atoms with E-state index in [-0.39, 0.29) is 0 Å². The number of rotatable bonds is 10. The van der Waals surface area contributed by atoms with Gasteiger partial charge >= 0.3 is 5.97 Å². The molecule has 0 spiro atoms. The van der Waals surface area contributed by atoms with Crippen LogP contribution in [0.4, 0.5) is 11.6 Å². The van der Waals surface area contributed by atoms with Gasteiger partial charge in [-0.3, -0.25) is 0 Å². The van der Waals surface area contributed by atoms with Gasteiger partial charge in [-0.2, -0.15) is 0 Å². The second-order valence-corrected chi connectivity index (χ2v) is 9.49. The first kappa shape index (κ1) is 25.2. The summed E-state index contributed by atoms with van der Waals surface area (Å²) >= 11 is 1.58. The zero-order valence-corrected chi connectivity index (χ0v) is 21.9. The van der Waals surface area contributed by atoms with Crippen LogP contribution in [-0.2, 0) is 11.2 Å². The van der Waals surface area contributed by atoms with Gasteiger partial charge in [0.2, 0.25) is 0 Å². The number of aromatic nitrogens is 3. The summed E-state index contributed by atoms with van der Waals surface area (Å²) in [4.78, 5) is 18.2. The Labute approximate surface area is 214 Å². The Morgan fingerprint density at radius 1 is 1.14 bits per heavy atom. The number of carbonyl (C=O) groups excluding carboxylic acids is 1. The molecule has 188 valence electrons. The first-order chi connectivity index (χ1) is 17.4. The van der Waals surface area contributed by atoms with Gasteiger partial charge in [-0.15, -0.1) is 16.4 Å². The maximum atomic E-state index is 12.6. The van der Waals surface area contributed by atoms with Crippen molar-refractivity contribution in [3.8, 4) is 27.6 Å². The molecule has 0 unspecified atom stereocenters. The van der Waals surface area contributed by atoms with E-state index >= 15 is 0 Å². The van der Waals surface area contributed by atoms with E-state index in [1.165, 1.54) is 7.11 Å². The number of nitrogens with one attached hydrogen (secondary N) is 1. The molecule has 0 saturated carbocycles. The Kier molecular flexibility index (Phi) is 7.90. The van der Waals surface area contributed by atoms with E-state index in [0.717, 1.165) is 28.2 Å². The summed E-state index contributed by atoms with van der Waals surface area (Å²) in [5.41, 5.74) is 3.00. The summed E-state index contributed by atoms with van der Waals surface area (Å²) in [6.45, 7) is 6.79. The van der Waals surface area contributed by atoms with Gasteiger partial charge in [0.1, 0.15) is 22.9 Å². The summed E-state index contributed by atoms with van der Waals surface area (Å²) in [5, 5.41) is 10.0. The Hall–Kier alpha value is -3.85. The molecule has 3 aromatic heterocycles. The highest BCUT2D eigenvalue weighted by Crippen LogP contribution is 2.31. The highest BCUT2D eigenvalue weighted by atomic mass is 32.1. The molecule has 4 rings (SSSR count). The molecule has 36 heavy (non-hydrogen) atoms. The molecule has 9 heteroatoms. The van der Waals surface area contributed by atoms with E-state index in [2.05, 4.69) is 24.1 Å². The van der Waals surface area contributed by atoms with E-state index in [1.807, 2.05) is 53.4 Å². The second-order valence-electron chi connectivity index (χ2n) is 8.54. The summed E-state index contributed by atoms with van der Waals surface area (Å²) in [6, 6.07) is 13.4. The fourth-order valence-electron chi connectivity index (χ4n) is 3.84.